The molecule has 1 rings (SSSR count). The fraction of sp³-hybridized carbons (Fsp3) is 0.625. The second kappa shape index (κ2) is 8.34. The zero-order chi connectivity index (χ0) is 16.8. The molecule has 0 unspecified atom stereocenters. The lowest BCUT2D eigenvalue weighted by Crippen LogP contribution is -2.42. The molecule has 0 saturated heterocycles. The van der Waals surface area contributed by atoms with E-state index in [-0.39, 0.29) is 12.5 Å². The van der Waals surface area contributed by atoms with Gasteiger partial charge >= 0.3 is 0 Å². The summed E-state index contributed by atoms with van der Waals surface area (Å²) in [5.74, 6) is -0.245. The molecule has 1 aromatic rings. The maximum absolute atomic E-state index is 11.9. The first-order chi connectivity index (χ1) is 10.3. The highest BCUT2D eigenvalue weighted by molar-refractivity contribution is 6.31. The van der Waals surface area contributed by atoms with Gasteiger partial charge in [0.2, 0.25) is 5.91 Å². The van der Waals surface area contributed by atoms with E-state index >= 15 is 0 Å². The number of amides is 1. The van der Waals surface area contributed by atoms with Gasteiger partial charge in [-0.3, -0.25) is 9.48 Å². The van der Waals surface area contributed by atoms with Gasteiger partial charge in [0, 0.05) is 25.2 Å². The molecule has 22 heavy (non-hydrogen) atoms. The molecule has 2 N–H and O–H groups in total. The van der Waals surface area contributed by atoms with Crippen molar-refractivity contribution in [2.75, 3.05) is 6.54 Å². The second-order valence-electron chi connectivity index (χ2n) is 5.69. The predicted molar refractivity (Wildman–Crippen MR) is 89.8 cm³/mol. The standard InChI is InChI=1S/C16H26ClN3O2/c1-5-9-16(22,10-6-2)11-18-14(21)8-7-13-12(3)19-20(4)15(13)17/h7-8,22H,5-6,9-11H2,1-4H3,(H,18,21). The van der Waals surface area contributed by atoms with Crippen molar-refractivity contribution in [3.63, 3.8) is 0 Å². The summed E-state index contributed by atoms with van der Waals surface area (Å²) in [6.45, 7) is 6.15. The van der Waals surface area contributed by atoms with Crippen LogP contribution in [0.1, 0.15) is 50.8 Å². The molecule has 1 amide bonds. The van der Waals surface area contributed by atoms with Crippen molar-refractivity contribution < 1.29 is 9.90 Å². The SMILES string of the molecule is CCCC(O)(CCC)CNC(=O)C=Cc1c(C)nn(C)c1Cl. The van der Waals surface area contributed by atoms with Crippen LogP contribution in [-0.4, -0.2) is 32.9 Å². The third kappa shape index (κ3) is 5.14. The largest absolute Gasteiger partial charge is 0.388 e. The molecule has 1 heterocycles. The summed E-state index contributed by atoms with van der Waals surface area (Å²) in [7, 11) is 1.75. The third-order valence-corrected chi connectivity index (χ3v) is 4.07. The smallest absolute Gasteiger partial charge is 0.244 e. The van der Waals surface area contributed by atoms with Crippen molar-refractivity contribution in [3.05, 3.63) is 22.5 Å². The zero-order valence-electron chi connectivity index (χ0n) is 13.8. The van der Waals surface area contributed by atoms with Gasteiger partial charge in [-0.2, -0.15) is 5.10 Å². The molecule has 0 aliphatic heterocycles. The number of aliphatic hydroxyl groups is 1. The number of aromatic nitrogens is 2. The molecule has 0 radical (unpaired) electrons. The van der Waals surface area contributed by atoms with Crippen LogP contribution in [0.3, 0.4) is 0 Å². The molecule has 0 fully saturated rings. The van der Waals surface area contributed by atoms with E-state index in [4.69, 9.17) is 11.6 Å². The van der Waals surface area contributed by atoms with E-state index < -0.39 is 5.60 Å². The minimum Gasteiger partial charge on any atom is -0.388 e. The van der Waals surface area contributed by atoms with Crippen LogP contribution in [-0.2, 0) is 11.8 Å². The summed E-state index contributed by atoms with van der Waals surface area (Å²) in [4.78, 5) is 11.9. The number of nitrogens with one attached hydrogen (secondary N) is 1. The summed E-state index contributed by atoms with van der Waals surface area (Å²) < 4.78 is 1.57. The summed E-state index contributed by atoms with van der Waals surface area (Å²) in [5, 5.41) is 17.9. The van der Waals surface area contributed by atoms with Crippen molar-refractivity contribution in [1.82, 2.24) is 15.1 Å². The fourth-order valence-corrected chi connectivity index (χ4v) is 2.78. The zero-order valence-corrected chi connectivity index (χ0v) is 14.6. The lowest BCUT2D eigenvalue weighted by atomic mass is 9.92. The van der Waals surface area contributed by atoms with Gasteiger partial charge in [0.05, 0.1) is 11.3 Å². The normalized spacial score (nSPS) is 12.1. The molecule has 124 valence electrons. The Balaban J connectivity index is 2.64. The summed E-state index contributed by atoms with van der Waals surface area (Å²) >= 11 is 6.11. The molecule has 0 aliphatic carbocycles. The molecule has 0 spiro atoms. The molecule has 0 aromatic carbocycles. The summed E-state index contributed by atoms with van der Waals surface area (Å²) in [5.41, 5.74) is 0.677. The Morgan fingerprint density at radius 3 is 2.45 bits per heavy atom. The minimum atomic E-state index is -0.825. The third-order valence-electron chi connectivity index (χ3n) is 3.62. The van der Waals surface area contributed by atoms with Crippen LogP contribution >= 0.6 is 11.6 Å². The number of hydrogen-bond acceptors (Lipinski definition) is 3. The number of nitrogens with zero attached hydrogens (tertiary/aromatic N) is 2. The molecular weight excluding hydrogens is 302 g/mol. The quantitative estimate of drug-likeness (QED) is 0.721. The monoisotopic (exact) mass is 327 g/mol. The van der Waals surface area contributed by atoms with E-state index in [1.54, 1.807) is 17.8 Å². The van der Waals surface area contributed by atoms with Gasteiger partial charge in [-0.15, -0.1) is 0 Å². The summed E-state index contributed by atoms with van der Waals surface area (Å²) in [6.07, 6.45) is 6.20. The van der Waals surface area contributed by atoms with Gasteiger partial charge in [0.1, 0.15) is 5.15 Å². The van der Waals surface area contributed by atoms with Crippen molar-refractivity contribution in [2.24, 2.45) is 7.05 Å². The Morgan fingerprint density at radius 1 is 1.41 bits per heavy atom. The average molecular weight is 328 g/mol. The molecule has 0 aliphatic rings. The Hall–Kier alpha value is -1.33. The molecule has 0 atom stereocenters. The van der Waals surface area contributed by atoms with Crippen molar-refractivity contribution >= 4 is 23.6 Å². The second-order valence-corrected chi connectivity index (χ2v) is 6.05. The van der Waals surface area contributed by atoms with Crippen LogP contribution in [0.25, 0.3) is 6.08 Å². The molecule has 0 bridgehead atoms. The Morgan fingerprint density at radius 2 is 2.00 bits per heavy atom. The van der Waals surface area contributed by atoms with Gasteiger partial charge in [-0.05, 0) is 25.8 Å². The highest BCUT2D eigenvalue weighted by atomic mass is 35.5. The van der Waals surface area contributed by atoms with Gasteiger partial charge in [0.15, 0.2) is 0 Å². The van der Waals surface area contributed by atoms with Gasteiger partial charge in [0.25, 0.3) is 0 Å². The van der Waals surface area contributed by atoms with Crippen molar-refractivity contribution in [1.29, 1.82) is 0 Å². The number of carbonyl (C=O) groups excluding carboxylic acids is 1. The van der Waals surface area contributed by atoms with Crippen LogP contribution in [0.4, 0.5) is 0 Å². The highest BCUT2D eigenvalue weighted by Gasteiger charge is 2.24. The maximum Gasteiger partial charge on any atom is 0.244 e. The maximum atomic E-state index is 11.9. The van der Waals surface area contributed by atoms with Crippen LogP contribution in [0.15, 0.2) is 6.08 Å². The first-order valence-corrected chi connectivity index (χ1v) is 8.08. The minimum absolute atomic E-state index is 0.245. The topological polar surface area (TPSA) is 67.2 Å². The van der Waals surface area contributed by atoms with Gasteiger partial charge in [-0.1, -0.05) is 38.3 Å². The van der Waals surface area contributed by atoms with Gasteiger partial charge in [-0.25, -0.2) is 0 Å². The molecule has 6 heteroatoms. The number of carbonyl (C=O) groups is 1. The Labute approximate surface area is 137 Å². The Bertz CT molecular complexity index is 532. The first kappa shape index (κ1) is 18.7. The number of aryl methyl sites for hydroxylation is 2. The first-order valence-electron chi connectivity index (χ1n) is 7.70. The number of rotatable bonds is 8. The van der Waals surface area contributed by atoms with E-state index in [1.165, 1.54) is 6.08 Å². The molecular formula is C16H26ClN3O2. The van der Waals surface area contributed by atoms with E-state index in [1.807, 2.05) is 20.8 Å². The fourth-order valence-electron chi connectivity index (χ4n) is 2.54. The van der Waals surface area contributed by atoms with E-state index in [2.05, 4.69) is 10.4 Å². The van der Waals surface area contributed by atoms with E-state index in [9.17, 15) is 9.90 Å². The van der Waals surface area contributed by atoms with E-state index in [0.29, 0.717) is 18.0 Å². The van der Waals surface area contributed by atoms with E-state index in [0.717, 1.165) is 24.1 Å². The average Bonchev–Trinajstić information content (AvgIpc) is 2.69. The molecule has 0 saturated carbocycles. The number of hydrogen-bond donors (Lipinski definition) is 2. The lowest BCUT2D eigenvalue weighted by Gasteiger charge is -2.27. The molecule has 5 nitrogen and oxygen atoms in total. The van der Waals surface area contributed by atoms with Crippen LogP contribution in [0.5, 0.6) is 0 Å². The Kier molecular flexibility index (Phi) is 7.10. The van der Waals surface area contributed by atoms with Crippen molar-refractivity contribution in [3.8, 4) is 0 Å². The lowest BCUT2D eigenvalue weighted by molar-refractivity contribution is -0.117. The van der Waals surface area contributed by atoms with Crippen LogP contribution in [0, 0.1) is 6.92 Å². The van der Waals surface area contributed by atoms with Crippen LogP contribution < -0.4 is 5.32 Å². The predicted octanol–water partition coefficient (Wildman–Crippen LogP) is 2.84. The van der Waals surface area contributed by atoms with Crippen molar-refractivity contribution in [2.45, 2.75) is 52.1 Å². The molecule has 1 aromatic heterocycles. The van der Waals surface area contributed by atoms with Gasteiger partial charge < -0.3 is 10.4 Å². The number of halogens is 1. The highest BCUT2D eigenvalue weighted by Crippen LogP contribution is 2.20. The van der Waals surface area contributed by atoms with Crippen LogP contribution in [0.2, 0.25) is 5.15 Å². The summed E-state index contributed by atoms with van der Waals surface area (Å²) in [6, 6.07) is 0.